The number of carbonyl (C=O) groups is 1. The summed E-state index contributed by atoms with van der Waals surface area (Å²) in [6, 6.07) is 3.66. The number of fused-ring (bicyclic) bond motifs is 1. The summed E-state index contributed by atoms with van der Waals surface area (Å²) in [5.41, 5.74) is 7.99. The Kier molecular flexibility index (Phi) is 4.40. The number of hydrogen-bond acceptors (Lipinski definition) is 3. The molecule has 0 amide bonds. The Hall–Kier alpha value is -0.870. The van der Waals surface area contributed by atoms with Crippen LogP contribution in [0.5, 0.6) is 5.75 Å². The number of rotatable bonds is 5. The molecule has 2 rings (SSSR count). The zero-order valence-electron chi connectivity index (χ0n) is 10.5. The van der Waals surface area contributed by atoms with Crippen molar-refractivity contribution in [3.05, 3.63) is 27.7 Å². The van der Waals surface area contributed by atoms with Crippen LogP contribution in [0.3, 0.4) is 0 Å². The Morgan fingerprint density at radius 1 is 1.56 bits per heavy atom. The first-order chi connectivity index (χ1) is 8.61. The highest BCUT2D eigenvalue weighted by atomic mass is 79.9. The third-order valence-electron chi connectivity index (χ3n) is 3.20. The Morgan fingerprint density at radius 3 is 3.06 bits per heavy atom. The molecule has 98 valence electrons. The largest absolute Gasteiger partial charge is 0.493 e. The van der Waals surface area contributed by atoms with E-state index in [4.69, 9.17) is 10.5 Å². The number of ether oxygens (including phenoxy) is 1. The van der Waals surface area contributed by atoms with Gasteiger partial charge < -0.3 is 10.5 Å². The number of nitrogens with two attached hydrogens (primary N) is 1. The van der Waals surface area contributed by atoms with Crippen LogP contribution in [-0.2, 0) is 17.6 Å². The molecule has 1 heterocycles. The van der Waals surface area contributed by atoms with Gasteiger partial charge in [-0.25, -0.2) is 0 Å². The zero-order valence-corrected chi connectivity index (χ0v) is 12.1. The maximum Gasteiger partial charge on any atom is 0.154 e. The molecule has 1 aliphatic heterocycles. The van der Waals surface area contributed by atoms with Gasteiger partial charge in [0.1, 0.15) is 5.75 Å². The van der Waals surface area contributed by atoms with E-state index in [-0.39, 0.29) is 11.8 Å². The van der Waals surface area contributed by atoms with E-state index in [0.29, 0.717) is 13.0 Å². The number of benzene rings is 1. The van der Waals surface area contributed by atoms with E-state index in [9.17, 15) is 4.79 Å². The van der Waals surface area contributed by atoms with Crippen molar-refractivity contribution in [3.63, 3.8) is 0 Å². The molecule has 0 saturated heterocycles. The van der Waals surface area contributed by atoms with Gasteiger partial charge in [0.2, 0.25) is 0 Å². The van der Waals surface area contributed by atoms with Crippen molar-refractivity contribution in [1.29, 1.82) is 0 Å². The molecule has 1 atom stereocenters. The monoisotopic (exact) mass is 311 g/mol. The normalized spacial score (nSPS) is 15.1. The maximum atomic E-state index is 12.0. The van der Waals surface area contributed by atoms with Crippen LogP contribution >= 0.6 is 15.9 Å². The summed E-state index contributed by atoms with van der Waals surface area (Å²) >= 11 is 3.48. The quantitative estimate of drug-likeness (QED) is 0.909. The molecule has 1 aliphatic rings. The van der Waals surface area contributed by atoms with Gasteiger partial charge in [0.05, 0.1) is 12.6 Å². The zero-order chi connectivity index (χ0) is 13.1. The lowest BCUT2D eigenvalue weighted by molar-refractivity contribution is -0.119. The lowest BCUT2D eigenvalue weighted by atomic mass is 9.99. The van der Waals surface area contributed by atoms with Gasteiger partial charge in [-0.05, 0) is 24.1 Å². The molecule has 0 fully saturated rings. The summed E-state index contributed by atoms with van der Waals surface area (Å²) in [4.78, 5) is 12.0. The van der Waals surface area contributed by atoms with Crippen molar-refractivity contribution in [3.8, 4) is 5.75 Å². The van der Waals surface area contributed by atoms with Gasteiger partial charge in [0.15, 0.2) is 5.78 Å². The van der Waals surface area contributed by atoms with E-state index in [1.807, 2.05) is 13.0 Å². The van der Waals surface area contributed by atoms with Crippen molar-refractivity contribution in [2.75, 3.05) is 6.61 Å². The minimum Gasteiger partial charge on any atom is -0.493 e. The van der Waals surface area contributed by atoms with Gasteiger partial charge in [0, 0.05) is 22.9 Å². The third kappa shape index (κ3) is 2.93. The summed E-state index contributed by atoms with van der Waals surface area (Å²) < 4.78 is 6.61. The molecule has 1 unspecified atom stereocenters. The SMILES string of the molecule is CCCC(N)C(=O)Cc1cc(Br)cc2c1OCC2. The average molecular weight is 312 g/mol. The van der Waals surface area contributed by atoms with E-state index < -0.39 is 0 Å². The highest BCUT2D eigenvalue weighted by Gasteiger charge is 2.21. The van der Waals surface area contributed by atoms with Gasteiger partial charge in [0.25, 0.3) is 0 Å². The van der Waals surface area contributed by atoms with Crippen LogP contribution in [0.1, 0.15) is 30.9 Å². The van der Waals surface area contributed by atoms with E-state index in [2.05, 4.69) is 22.0 Å². The van der Waals surface area contributed by atoms with Gasteiger partial charge >= 0.3 is 0 Å². The standard InChI is InChI=1S/C14H18BrNO2/c1-2-3-12(16)13(17)8-10-7-11(15)6-9-4-5-18-14(9)10/h6-7,12H,2-5,8,16H2,1H3. The molecular formula is C14H18BrNO2. The fourth-order valence-corrected chi connectivity index (χ4v) is 2.82. The second-order valence-corrected chi connectivity index (χ2v) is 5.61. The fraction of sp³-hybridized carbons (Fsp3) is 0.500. The van der Waals surface area contributed by atoms with Crippen molar-refractivity contribution >= 4 is 21.7 Å². The Morgan fingerprint density at radius 2 is 2.33 bits per heavy atom. The third-order valence-corrected chi connectivity index (χ3v) is 3.66. The summed E-state index contributed by atoms with van der Waals surface area (Å²) in [6.45, 7) is 2.74. The number of hydrogen-bond donors (Lipinski definition) is 1. The molecular weight excluding hydrogens is 294 g/mol. The molecule has 1 aromatic carbocycles. The van der Waals surface area contributed by atoms with Crippen LogP contribution in [0.2, 0.25) is 0 Å². The number of halogens is 1. The average Bonchev–Trinajstić information content (AvgIpc) is 2.77. The van der Waals surface area contributed by atoms with Crippen LogP contribution in [0, 0.1) is 0 Å². The minimum absolute atomic E-state index is 0.0904. The summed E-state index contributed by atoms with van der Waals surface area (Å²) in [6.07, 6.45) is 2.95. The van der Waals surface area contributed by atoms with Gasteiger partial charge in [-0.2, -0.15) is 0 Å². The molecule has 1 aromatic rings. The van der Waals surface area contributed by atoms with E-state index in [1.54, 1.807) is 0 Å². The molecule has 3 nitrogen and oxygen atoms in total. The molecule has 0 aliphatic carbocycles. The highest BCUT2D eigenvalue weighted by Crippen LogP contribution is 2.33. The highest BCUT2D eigenvalue weighted by molar-refractivity contribution is 9.10. The van der Waals surface area contributed by atoms with Crippen LogP contribution in [-0.4, -0.2) is 18.4 Å². The maximum absolute atomic E-state index is 12.0. The Bertz CT molecular complexity index is 459. The van der Waals surface area contributed by atoms with Crippen molar-refractivity contribution in [2.24, 2.45) is 5.73 Å². The molecule has 0 radical (unpaired) electrons. The van der Waals surface area contributed by atoms with Crippen LogP contribution in [0.15, 0.2) is 16.6 Å². The topological polar surface area (TPSA) is 52.3 Å². The summed E-state index contributed by atoms with van der Waals surface area (Å²) in [7, 11) is 0. The van der Waals surface area contributed by atoms with Crippen LogP contribution in [0.4, 0.5) is 0 Å². The van der Waals surface area contributed by atoms with E-state index in [0.717, 1.165) is 35.0 Å². The lowest BCUT2D eigenvalue weighted by Gasteiger charge is -2.12. The van der Waals surface area contributed by atoms with Crippen LogP contribution in [0.25, 0.3) is 0 Å². The van der Waals surface area contributed by atoms with Crippen molar-refractivity contribution < 1.29 is 9.53 Å². The molecule has 2 N–H and O–H groups in total. The van der Waals surface area contributed by atoms with Crippen molar-refractivity contribution in [1.82, 2.24) is 0 Å². The van der Waals surface area contributed by atoms with E-state index in [1.165, 1.54) is 5.56 Å². The first kappa shape index (κ1) is 13.6. The lowest BCUT2D eigenvalue weighted by Crippen LogP contribution is -2.31. The molecule has 0 aromatic heterocycles. The predicted octanol–water partition coefficient (Wildman–Crippen LogP) is 2.62. The number of carbonyl (C=O) groups excluding carboxylic acids is 1. The number of Topliss-reactive ketones (excluding diaryl/α,β-unsaturated/α-hetero) is 1. The first-order valence-corrected chi connectivity index (χ1v) is 7.13. The smallest absolute Gasteiger partial charge is 0.154 e. The Balaban J connectivity index is 2.17. The first-order valence-electron chi connectivity index (χ1n) is 6.34. The molecule has 0 spiro atoms. The number of ketones is 1. The van der Waals surface area contributed by atoms with Gasteiger partial charge in [-0.15, -0.1) is 0 Å². The van der Waals surface area contributed by atoms with Gasteiger partial charge in [-0.1, -0.05) is 29.3 Å². The van der Waals surface area contributed by atoms with Crippen molar-refractivity contribution in [2.45, 2.75) is 38.6 Å². The molecule has 0 saturated carbocycles. The fourth-order valence-electron chi connectivity index (χ4n) is 2.27. The molecule has 0 bridgehead atoms. The van der Waals surface area contributed by atoms with Crippen LogP contribution < -0.4 is 10.5 Å². The van der Waals surface area contributed by atoms with E-state index >= 15 is 0 Å². The van der Waals surface area contributed by atoms with Gasteiger partial charge in [-0.3, -0.25) is 4.79 Å². The summed E-state index contributed by atoms with van der Waals surface area (Å²) in [5.74, 6) is 0.975. The predicted molar refractivity (Wildman–Crippen MR) is 74.9 cm³/mol. The molecule has 18 heavy (non-hydrogen) atoms. The summed E-state index contributed by atoms with van der Waals surface area (Å²) in [5, 5.41) is 0. The molecule has 4 heteroatoms. The second kappa shape index (κ2) is 5.85. The minimum atomic E-state index is -0.356. The Labute approximate surface area is 116 Å². The second-order valence-electron chi connectivity index (χ2n) is 4.69.